The third kappa shape index (κ3) is 3.90. The molecule has 1 aromatic heterocycles. The number of halogens is 3. The second-order valence-electron chi connectivity index (χ2n) is 6.41. The SMILES string of the molecule is Cn1ccnc1C1CNCCN1C(=O)CC(c1ccccc1)C(F)(F)F. The van der Waals surface area contributed by atoms with E-state index in [4.69, 9.17) is 0 Å². The molecule has 26 heavy (non-hydrogen) atoms. The van der Waals surface area contributed by atoms with Gasteiger partial charge in [0.25, 0.3) is 0 Å². The Morgan fingerprint density at radius 3 is 2.69 bits per heavy atom. The molecule has 5 nitrogen and oxygen atoms in total. The molecule has 0 radical (unpaired) electrons. The molecule has 0 aliphatic carbocycles. The molecular weight excluding hydrogens is 345 g/mol. The van der Waals surface area contributed by atoms with Crippen LogP contribution in [0, 0.1) is 0 Å². The van der Waals surface area contributed by atoms with Gasteiger partial charge in [0, 0.05) is 45.5 Å². The molecule has 1 amide bonds. The topological polar surface area (TPSA) is 50.2 Å². The number of amides is 1. The molecule has 1 aliphatic heterocycles. The van der Waals surface area contributed by atoms with Gasteiger partial charge < -0.3 is 14.8 Å². The van der Waals surface area contributed by atoms with Crippen molar-refractivity contribution < 1.29 is 18.0 Å². The van der Waals surface area contributed by atoms with E-state index in [2.05, 4.69) is 10.3 Å². The molecule has 2 unspecified atom stereocenters. The second kappa shape index (κ2) is 7.49. The number of carbonyl (C=O) groups is 1. The molecule has 0 spiro atoms. The van der Waals surface area contributed by atoms with Crippen LogP contribution in [0.15, 0.2) is 42.7 Å². The summed E-state index contributed by atoms with van der Waals surface area (Å²) in [6, 6.07) is 7.23. The van der Waals surface area contributed by atoms with Crippen LogP contribution in [0.3, 0.4) is 0 Å². The summed E-state index contributed by atoms with van der Waals surface area (Å²) < 4.78 is 42.5. The van der Waals surface area contributed by atoms with Crippen LogP contribution >= 0.6 is 0 Å². The smallest absolute Gasteiger partial charge is 0.336 e. The third-order valence-corrected chi connectivity index (χ3v) is 4.70. The van der Waals surface area contributed by atoms with Crippen molar-refractivity contribution in [1.82, 2.24) is 19.8 Å². The number of aryl methyl sites for hydroxylation is 1. The first-order chi connectivity index (χ1) is 12.4. The summed E-state index contributed by atoms with van der Waals surface area (Å²) in [6.45, 7) is 1.38. The van der Waals surface area contributed by atoms with Crippen LogP contribution in [-0.2, 0) is 11.8 Å². The number of piperazine rings is 1. The van der Waals surface area contributed by atoms with Gasteiger partial charge in [-0.1, -0.05) is 30.3 Å². The predicted octanol–water partition coefficient (Wildman–Crippen LogP) is 2.63. The molecule has 1 fully saturated rings. The Labute approximate surface area is 149 Å². The number of nitrogens with one attached hydrogen (secondary N) is 1. The van der Waals surface area contributed by atoms with Crippen molar-refractivity contribution in [3.05, 3.63) is 54.1 Å². The predicted molar refractivity (Wildman–Crippen MR) is 90.4 cm³/mol. The number of nitrogens with zero attached hydrogens (tertiary/aromatic N) is 3. The molecule has 3 rings (SSSR count). The Hall–Kier alpha value is -2.35. The summed E-state index contributed by atoms with van der Waals surface area (Å²) >= 11 is 0. The highest BCUT2D eigenvalue weighted by Crippen LogP contribution is 2.38. The molecule has 0 bridgehead atoms. The molecule has 2 atom stereocenters. The molecule has 1 aromatic carbocycles. The summed E-state index contributed by atoms with van der Waals surface area (Å²) in [5.74, 6) is -1.66. The number of rotatable bonds is 4. The van der Waals surface area contributed by atoms with Crippen LogP contribution in [0.5, 0.6) is 0 Å². The first-order valence-corrected chi connectivity index (χ1v) is 8.47. The molecule has 0 saturated carbocycles. The molecule has 140 valence electrons. The molecule has 2 heterocycles. The lowest BCUT2D eigenvalue weighted by atomic mass is 9.94. The fourth-order valence-electron chi connectivity index (χ4n) is 3.33. The maximum absolute atomic E-state index is 13.6. The number of carbonyl (C=O) groups excluding carboxylic acids is 1. The summed E-state index contributed by atoms with van der Waals surface area (Å²) in [7, 11) is 1.81. The lowest BCUT2D eigenvalue weighted by Gasteiger charge is -2.36. The molecule has 1 saturated heterocycles. The second-order valence-corrected chi connectivity index (χ2v) is 6.41. The van der Waals surface area contributed by atoms with Crippen LogP contribution in [0.25, 0.3) is 0 Å². The standard InChI is InChI=1S/C18H21F3N4O/c1-24-9-8-23-17(24)15-12-22-7-10-25(15)16(26)11-14(18(19,20)21)13-5-3-2-4-6-13/h2-6,8-9,14-15,22H,7,10-12H2,1H3. The molecule has 1 aliphatic rings. The number of alkyl halides is 3. The van der Waals surface area contributed by atoms with E-state index in [0.717, 1.165) is 0 Å². The van der Waals surface area contributed by atoms with Crippen LogP contribution in [0.2, 0.25) is 0 Å². The maximum atomic E-state index is 13.6. The highest BCUT2D eigenvalue weighted by molar-refractivity contribution is 5.78. The average Bonchev–Trinajstić information content (AvgIpc) is 3.05. The highest BCUT2D eigenvalue weighted by Gasteiger charge is 2.43. The minimum atomic E-state index is -4.48. The zero-order chi connectivity index (χ0) is 18.7. The zero-order valence-corrected chi connectivity index (χ0v) is 14.4. The maximum Gasteiger partial charge on any atom is 0.396 e. The Kier molecular flexibility index (Phi) is 5.31. The number of benzene rings is 1. The molecule has 8 heteroatoms. The Morgan fingerprint density at radius 1 is 1.35 bits per heavy atom. The summed E-state index contributed by atoms with van der Waals surface area (Å²) in [5, 5.41) is 3.18. The van der Waals surface area contributed by atoms with Crippen LogP contribution in [-0.4, -0.2) is 46.2 Å². The minimum absolute atomic E-state index is 0.108. The van der Waals surface area contributed by atoms with Gasteiger partial charge in [0.05, 0.1) is 5.92 Å². The van der Waals surface area contributed by atoms with Crippen molar-refractivity contribution in [2.75, 3.05) is 19.6 Å². The van der Waals surface area contributed by atoms with Crippen LogP contribution < -0.4 is 5.32 Å². The molecular formula is C18H21F3N4O. The van der Waals surface area contributed by atoms with Gasteiger partial charge in [0.2, 0.25) is 5.91 Å². The largest absolute Gasteiger partial charge is 0.396 e. The van der Waals surface area contributed by atoms with Crippen molar-refractivity contribution in [3.8, 4) is 0 Å². The Balaban J connectivity index is 1.83. The van der Waals surface area contributed by atoms with Crippen molar-refractivity contribution in [2.45, 2.75) is 24.6 Å². The van der Waals surface area contributed by atoms with E-state index in [1.807, 2.05) is 7.05 Å². The molecule has 1 N–H and O–H groups in total. The summed E-state index contributed by atoms with van der Waals surface area (Å²) in [4.78, 5) is 18.6. The Bertz CT molecular complexity index is 744. The van der Waals surface area contributed by atoms with Gasteiger partial charge in [-0.05, 0) is 5.56 Å². The van der Waals surface area contributed by atoms with E-state index in [-0.39, 0.29) is 11.6 Å². The quantitative estimate of drug-likeness (QED) is 0.905. The average molecular weight is 366 g/mol. The number of hydrogen-bond acceptors (Lipinski definition) is 3. The van der Waals surface area contributed by atoms with Crippen molar-refractivity contribution >= 4 is 5.91 Å². The van der Waals surface area contributed by atoms with Gasteiger partial charge in [0.15, 0.2) is 0 Å². The van der Waals surface area contributed by atoms with E-state index in [1.165, 1.54) is 17.0 Å². The van der Waals surface area contributed by atoms with Gasteiger partial charge in [-0.15, -0.1) is 0 Å². The zero-order valence-electron chi connectivity index (χ0n) is 14.4. The van der Waals surface area contributed by atoms with Crippen molar-refractivity contribution in [2.24, 2.45) is 7.05 Å². The van der Waals surface area contributed by atoms with Gasteiger partial charge in [0.1, 0.15) is 11.9 Å². The van der Waals surface area contributed by atoms with Crippen molar-refractivity contribution in [3.63, 3.8) is 0 Å². The highest BCUT2D eigenvalue weighted by atomic mass is 19.4. The van der Waals surface area contributed by atoms with Crippen molar-refractivity contribution in [1.29, 1.82) is 0 Å². The van der Waals surface area contributed by atoms with E-state index < -0.39 is 24.4 Å². The van der Waals surface area contributed by atoms with Gasteiger partial charge >= 0.3 is 6.18 Å². The van der Waals surface area contributed by atoms with E-state index >= 15 is 0 Å². The van der Waals surface area contributed by atoms with Gasteiger partial charge in [-0.25, -0.2) is 4.98 Å². The minimum Gasteiger partial charge on any atom is -0.336 e. The Morgan fingerprint density at radius 2 is 2.08 bits per heavy atom. The number of hydrogen-bond donors (Lipinski definition) is 1. The number of aromatic nitrogens is 2. The molecule has 2 aromatic rings. The first-order valence-electron chi connectivity index (χ1n) is 8.47. The first kappa shape index (κ1) is 18.4. The summed E-state index contributed by atoms with van der Waals surface area (Å²) in [6.07, 6.45) is -1.71. The van der Waals surface area contributed by atoms with Gasteiger partial charge in [-0.3, -0.25) is 4.79 Å². The van der Waals surface area contributed by atoms with E-state index in [9.17, 15) is 18.0 Å². The lowest BCUT2D eigenvalue weighted by Crippen LogP contribution is -2.50. The van der Waals surface area contributed by atoms with Crippen LogP contribution in [0.4, 0.5) is 13.2 Å². The summed E-state index contributed by atoms with van der Waals surface area (Å²) in [5.41, 5.74) is 0.108. The number of imidazole rings is 1. The fourth-order valence-corrected chi connectivity index (χ4v) is 3.33. The fraction of sp³-hybridized carbons (Fsp3) is 0.444. The lowest BCUT2D eigenvalue weighted by molar-refractivity contribution is -0.162. The van der Waals surface area contributed by atoms with Gasteiger partial charge in [-0.2, -0.15) is 13.2 Å². The normalized spacial score (nSPS) is 19.4. The monoisotopic (exact) mass is 366 g/mol. The van der Waals surface area contributed by atoms with Crippen LogP contribution in [0.1, 0.15) is 29.8 Å². The van der Waals surface area contributed by atoms with E-state index in [0.29, 0.717) is 25.5 Å². The third-order valence-electron chi connectivity index (χ3n) is 4.70. The van der Waals surface area contributed by atoms with E-state index in [1.54, 1.807) is 35.2 Å².